The van der Waals surface area contributed by atoms with Crippen LogP contribution in [0.3, 0.4) is 0 Å². The number of nitrogens with zero attached hydrogens (tertiary/aromatic N) is 3. The number of ether oxygens (including phenoxy) is 1. The van der Waals surface area contributed by atoms with Gasteiger partial charge in [0.1, 0.15) is 5.75 Å². The Kier molecular flexibility index (Phi) is 6.31. The topological polar surface area (TPSA) is 45.7 Å². The van der Waals surface area contributed by atoms with Crippen LogP contribution in [0.1, 0.15) is 5.56 Å². The number of anilines is 1. The predicted molar refractivity (Wildman–Crippen MR) is 112 cm³/mol. The Bertz CT molecular complexity index is 942. The second-order valence-corrected chi connectivity index (χ2v) is 8.01. The van der Waals surface area contributed by atoms with Gasteiger partial charge in [0, 0.05) is 18.1 Å². The van der Waals surface area contributed by atoms with E-state index in [9.17, 15) is 4.79 Å². The van der Waals surface area contributed by atoms with Crippen LogP contribution in [0.15, 0.2) is 42.5 Å². The van der Waals surface area contributed by atoms with Crippen molar-refractivity contribution in [3.05, 3.63) is 53.1 Å². The molecule has 0 fully saturated rings. The van der Waals surface area contributed by atoms with Crippen LogP contribution in [0.5, 0.6) is 5.75 Å². The van der Waals surface area contributed by atoms with E-state index < -0.39 is 0 Å². The number of fused-ring (bicyclic) bond motifs is 1. The Morgan fingerprint density at radius 1 is 1.19 bits per heavy atom. The van der Waals surface area contributed by atoms with E-state index in [1.54, 1.807) is 11.0 Å². The number of hydrogen-bond donors (Lipinski definition) is 0. The number of likely N-dealkylation sites (N-methyl/N-ethyl adjacent to an activating group) is 1. The van der Waals surface area contributed by atoms with Crippen molar-refractivity contribution in [3.63, 3.8) is 0 Å². The van der Waals surface area contributed by atoms with Gasteiger partial charge in [-0.15, -0.1) is 0 Å². The minimum atomic E-state index is -0.122. The maximum Gasteiger partial charge on any atom is 0.266 e. The van der Waals surface area contributed by atoms with Gasteiger partial charge in [0.25, 0.3) is 5.91 Å². The average molecular weight is 404 g/mol. The van der Waals surface area contributed by atoms with Crippen molar-refractivity contribution < 1.29 is 9.53 Å². The summed E-state index contributed by atoms with van der Waals surface area (Å²) in [6.45, 7) is 3.22. The predicted octanol–water partition coefficient (Wildman–Crippen LogP) is 4.23. The Balaban J connectivity index is 1.79. The molecular weight excluding hydrogens is 382 g/mol. The number of thiazole rings is 1. The SMILES string of the molecule is Cc1cccc(OCC(=O)N(CCN(C)C)c2nc3ccc(Cl)cc3s2)c1. The normalized spacial score (nSPS) is 11.1. The molecule has 27 heavy (non-hydrogen) atoms. The number of amides is 1. The van der Waals surface area contributed by atoms with Gasteiger partial charge in [-0.1, -0.05) is 35.1 Å². The molecule has 5 nitrogen and oxygen atoms in total. The van der Waals surface area contributed by atoms with Crippen LogP contribution in [-0.2, 0) is 4.79 Å². The highest BCUT2D eigenvalue weighted by Gasteiger charge is 2.20. The standard InChI is InChI=1S/C20H22ClN3O2S/c1-14-5-4-6-16(11-14)26-13-19(25)24(10-9-23(2)3)20-22-17-8-7-15(21)12-18(17)27-20/h4-8,11-12H,9-10,13H2,1-3H3. The van der Waals surface area contributed by atoms with Gasteiger partial charge in [-0.3, -0.25) is 9.69 Å². The van der Waals surface area contributed by atoms with Crippen LogP contribution in [-0.4, -0.2) is 49.6 Å². The summed E-state index contributed by atoms with van der Waals surface area (Å²) in [4.78, 5) is 21.2. The molecule has 0 saturated heterocycles. The van der Waals surface area contributed by atoms with E-state index in [0.717, 1.165) is 22.3 Å². The minimum absolute atomic E-state index is 0.0342. The average Bonchev–Trinajstić information content (AvgIpc) is 3.02. The first-order valence-corrected chi connectivity index (χ1v) is 9.82. The molecule has 0 radical (unpaired) electrons. The number of hydrogen-bond acceptors (Lipinski definition) is 5. The zero-order valence-electron chi connectivity index (χ0n) is 15.6. The van der Waals surface area contributed by atoms with Gasteiger partial charge in [-0.2, -0.15) is 0 Å². The zero-order chi connectivity index (χ0) is 19.4. The fourth-order valence-corrected chi connectivity index (χ4v) is 3.84. The van der Waals surface area contributed by atoms with E-state index in [2.05, 4.69) is 4.98 Å². The monoisotopic (exact) mass is 403 g/mol. The van der Waals surface area contributed by atoms with Crippen molar-refractivity contribution in [3.8, 4) is 5.75 Å². The quantitative estimate of drug-likeness (QED) is 0.592. The second kappa shape index (κ2) is 8.69. The molecule has 1 heterocycles. The van der Waals surface area contributed by atoms with Crippen molar-refractivity contribution >= 4 is 44.2 Å². The fourth-order valence-electron chi connectivity index (χ4n) is 2.56. The van der Waals surface area contributed by atoms with Gasteiger partial charge in [0.2, 0.25) is 0 Å². The Hall–Kier alpha value is -2.15. The first kappa shape index (κ1) is 19.6. The van der Waals surface area contributed by atoms with Crippen LogP contribution < -0.4 is 9.64 Å². The molecule has 7 heteroatoms. The molecule has 142 valence electrons. The molecule has 1 aromatic heterocycles. The lowest BCUT2D eigenvalue weighted by atomic mass is 10.2. The maximum absolute atomic E-state index is 12.9. The third-order valence-electron chi connectivity index (χ3n) is 3.99. The molecule has 1 amide bonds. The molecule has 0 spiro atoms. The van der Waals surface area contributed by atoms with Gasteiger partial charge in [-0.25, -0.2) is 4.98 Å². The van der Waals surface area contributed by atoms with E-state index in [1.807, 2.05) is 62.3 Å². The lowest BCUT2D eigenvalue weighted by Crippen LogP contribution is -2.39. The summed E-state index contributed by atoms with van der Waals surface area (Å²) in [6.07, 6.45) is 0. The highest BCUT2D eigenvalue weighted by molar-refractivity contribution is 7.22. The van der Waals surface area contributed by atoms with E-state index in [-0.39, 0.29) is 12.5 Å². The van der Waals surface area contributed by atoms with Gasteiger partial charge in [-0.05, 0) is 56.9 Å². The summed E-state index contributed by atoms with van der Waals surface area (Å²) in [5, 5.41) is 1.32. The number of rotatable bonds is 7. The molecule has 0 aliphatic rings. The summed E-state index contributed by atoms with van der Waals surface area (Å²) >= 11 is 7.53. The van der Waals surface area contributed by atoms with E-state index >= 15 is 0 Å². The summed E-state index contributed by atoms with van der Waals surface area (Å²) in [5.74, 6) is 0.565. The molecule has 0 atom stereocenters. The summed E-state index contributed by atoms with van der Waals surface area (Å²) in [7, 11) is 3.95. The first-order valence-electron chi connectivity index (χ1n) is 8.63. The number of aromatic nitrogens is 1. The number of halogens is 1. The molecule has 3 aromatic rings. The molecule has 2 aromatic carbocycles. The summed E-state index contributed by atoms with van der Waals surface area (Å²) in [6, 6.07) is 13.2. The van der Waals surface area contributed by atoms with Crippen molar-refractivity contribution in [1.82, 2.24) is 9.88 Å². The lowest BCUT2D eigenvalue weighted by molar-refractivity contribution is -0.120. The highest BCUT2D eigenvalue weighted by Crippen LogP contribution is 2.31. The van der Waals surface area contributed by atoms with E-state index in [4.69, 9.17) is 16.3 Å². The van der Waals surface area contributed by atoms with Gasteiger partial charge >= 0.3 is 0 Å². The van der Waals surface area contributed by atoms with Crippen molar-refractivity contribution in [1.29, 1.82) is 0 Å². The fraction of sp³-hybridized carbons (Fsp3) is 0.300. The van der Waals surface area contributed by atoms with Crippen molar-refractivity contribution in [2.45, 2.75) is 6.92 Å². The molecule has 0 bridgehead atoms. The van der Waals surface area contributed by atoms with Crippen LogP contribution >= 0.6 is 22.9 Å². The van der Waals surface area contributed by atoms with Crippen LogP contribution in [0.2, 0.25) is 5.02 Å². The molecule has 0 saturated carbocycles. The second-order valence-electron chi connectivity index (χ2n) is 6.56. The largest absolute Gasteiger partial charge is 0.484 e. The molecule has 0 unspecified atom stereocenters. The summed E-state index contributed by atoms with van der Waals surface area (Å²) in [5.41, 5.74) is 1.93. The summed E-state index contributed by atoms with van der Waals surface area (Å²) < 4.78 is 6.66. The molecule has 0 aliphatic heterocycles. The van der Waals surface area contributed by atoms with Crippen LogP contribution in [0.4, 0.5) is 5.13 Å². The third-order valence-corrected chi connectivity index (χ3v) is 5.27. The lowest BCUT2D eigenvalue weighted by Gasteiger charge is -2.22. The number of benzene rings is 2. The Morgan fingerprint density at radius 3 is 2.74 bits per heavy atom. The van der Waals surface area contributed by atoms with Crippen molar-refractivity contribution in [2.75, 3.05) is 38.7 Å². The molecule has 0 aliphatic carbocycles. The zero-order valence-corrected chi connectivity index (χ0v) is 17.2. The number of aryl methyl sites for hydroxylation is 1. The smallest absolute Gasteiger partial charge is 0.266 e. The number of carbonyl (C=O) groups is 1. The molecule has 3 rings (SSSR count). The maximum atomic E-state index is 12.9. The van der Waals surface area contributed by atoms with Crippen molar-refractivity contribution in [2.24, 2.45) is 0 Å². The van der Waals surface area contributed by atoms with Crippen LogP contribution in [0.25, 0.3) is 10.2 Å². The first-order chi connectivity index (χ1) is 12.9. The third kappa shape index (κ3) is 5.19. The molecule has 0 N–H and O–H groups in total. The Morgan fingerprint density at radius 2 is 2.00 bits per heavy atom. The van der Waals surface area contributed by atoms with Gasteiger partial charge in [0.15, 0.2) is 11.7 Å². The highest BCUT2D eigenvalue weighted by atomic mass is 35.5. The number of carbonyl (C=O) groups excluding carboxylic acids is 1. The Labute approximate surface area is 168 Å². The van der Waals surface area contributed by atoms with E-state index in [1.165, 1.54) is 11.3 Å². The van der Waals surface area contributed by atoms with Crippen LogP contribution in [0, 0.1) is 6.92 Å². The molecular formula is C20H22ClN3O2S. The minimum Gasteiger partial charge on any atom is -0.484 e. The van der Waals surface area contributed by atoms with Gasteiger partial charge in [0.05, 0.1) is 10.2 Å². The van der Waals surface area contributed by atoms with Gasteiger partial charge < -0.3 is 9.64 Å². The van der Waals surface area contributed by atoms with E-state index in [0.29, 0.717) is 22.4 Å².